The van der Waals surface area contributed by atoms with Gasteiger partial charge in [-0.05, 0) is 18.2 Å². The number of anilines is 1. The van der Waals surface area contributed by atoms with Crippen LogP contribution in [0.5, 0.6) is 5.75 Å². The van der Waals surface area contributed by atoms with Crippen molar-refractivity contribution in [3.05, 3.63) is 47.0 Å². The van der Waals surface area contributed by atoms with E-state index in [1.807, 2.05) is 0 Å². The van der Waals surface area contributed by atoms with E-state index in [4.69, 9.17) is 22.1 Å². The molecule has 0 fully saturated rings. The van der Waals surface area contributed by atoms with Crippen molar-refractivity contribution in [3.8, 4) is 5.75 Å². The predicted molar refractivity (Wildman–Crippen MR) is 62.2 cm³/mol. The van der Waals surface area contributed by atoms with Crippen LogP contribution in [-0.2, 0) is 6.61 Å². The molecule has 17 heavy (non-hydrogen) atoms. The standard InChI is InChI=1S/C11H9ClFN3O/c12-9-2-1-8(5-10(9)13)17-6-7-3-4-15-11(14)16-7/h1-5H,6H2,(H2,14,15,16). The van der Waals surface area contributed by atoms with Crippen LogP contribution in [0.25, 0.3) is 0 Å². The maximum absolute atomic E-state index is 13.1. The Morgan fingerprint density at radius 3 is 2.88 bits per heavy atom. The molecule has 0 aliphatic rings. The molecule has 2 aromatic rings. The predicted octanol–water partition coefficient (Wildman–Crippen LogP) is 2.43. The van der Waals surface area contributed by atoms with Crippen molar-refractivity contribution < 1.29 is 9.13 Å². The van der Waals surface area contributed by atoms with Crippen LogP contribution in [0.3, 0.4) is 0 Å². The SMILES string of the molecule is Nc1nccc(COc2ccc(Cl)c(F)c2)n1. The van der Waals surface area contributed by atoms with Crippen molar-refractivity contribution >= 4 is 17.5 Å². The summed E-state index contributed by atoms with van der Waals surface area (Å²) in [6, 6.07) is 5.89. The van der Waals surface area contributed by atoms with Crippen LogP contribution in [0.1, 0.15) is 5.69 Å². The van der Waals surface area contributed by atoms with Crippen molar-refractivity contribution in [2.75, 3.05) is 5.73 Å². The number of nitrogens with two attached hydrogens (primary N) is 1. The van der Waals surface area contributed by atoms with Gasteiger partial charge in [0.2, 0.25) is 5.95 Å². The normalized spacial score (nSPS) is 10.2. The zero-order chi connectivity index (χ0) is 12.3. The van der Waals surface area contributed by atoms with Gasteiger partial charge >= 0.3 is 0 Å². The van der Waals surface area contributed by atoms with Crippen molar-refractivity contribution in [1.29, 1.82) is 0 Å². The Kier molecular flexibility index (Phi) is 3.39. The maximum atomic E-state index is 13.1. The van der Waals surface area contributed by atoms with Gasteiger partial charge in [-0.25, -0.2) is 14.4 Å². The van der Waals surface area contributed by atoms with Gasteiger partial charge in [-0.2, -0.15) is 0 Å². The van der Waals surface area contributed by atoms with E-state index >= 15 is 0 Å². The van der Waals surface area contributed by atoms with Crippen LogP contribution < -0.4 is 10.5 Å². The lowest BCUT2D eigenvalue weighted by Gasteiger charge is -2.06. The molecule has 6 heteroatoms. The van der Waals surface area contributed by atoms with Crippen LogP contribution in [0.15, 0.2) is 30.5 Å². The molecular formula is C11H9ClFN3O. The minimum Gasteiger partial charge on any atom is -0.487 e. The van der Waals surface area contributed by atoms with Gasteiger partial charge in [0.1, 0.15) is 18.2 Å². The molecule has 1 heterocycles. The van der Waals surface area contributed by atoms with Gasteiger partial charge in [-0.1, -0.05) is 11.6 Å². The third-order valence-electron chi connectivity index (χ3n) is 2.01. The molecule has 0 bridgehead atoms. The highest BCUT2D eigenvalue weighted by atomic mass is 35.5. The minimum atomic E-state index is -0.522. The second kappa shape index (κ2) is 4.97. The van der Waals surface area contributed by atoms with Crippen LogP contribution in [-0.4, -0.2) is 9.97 Å². The van der Waals surface area contributed by atoms with Crippen molar-refractivity contribution in [3.63, 3.8) is 0 Å². The molecule has 0 atom stereocenters. The number of halogens is 2. The van der Waals surface area contributed by atoms with E-state index in [0.29, 0.717) is 11.4 Å². The molecule has 88 valence electrons. The fourth-order valence-corrected chi connectivity index (χ4v) is 1.33. The zero-order valence-electron chi connectivity index (χ0n) is 8.73. The lowest BCUT2D eigenvalue weighted by molar-refractivity contribution is 0.300. The monoisotopic (exact) mass is 253 g/mol. The second-order valence-corrected chi connectivity index (χ2v) is 3.68. The molecule has 0 aliphatic heterocycles. The van der Waals surface area contributed by atoms with E-state index in [2.05, 4.69) is 9.97 Å². The topological polar surface area (TPSA) is 61.0 Å². The Hall–Kier alpha value is -1.88. The molecule has 0 aliphatic carbocycles. The summed E-state index contributed by atoms with van der Waals surface area (Å²) in [5.74, 6) is 0.0313. The summed E-state index contributed by atoms with van der Waals surface area (Å²) in [6.45, 7) is 0.188. The molecule has 1 aromatic carbocycles. The first-order chi connectivity index (χ1) is 8.15. The first kappa shape index (κ1) is 11.6. The Labute approximate surface area is 102 Å². The molecule has 4 nitrogen and oxygen atoms in total. The number of aromatic nitrogens is 2. The maximum Gasteiger partial charge on any atom is 0.220 e. The number of rotatable bonds is 3. The zero-order valence-corrected chi connectivity index (χ0v) is 9.49. The quantitative estimate of drug-likeness (QED) is 0.913. The molecule has 0 saturated carbocycles. The highest BCUT2D eigenvalue weighted by Gasteiger charge is 2.03. The van der Waals surface area contributed by atoms with E-state index in [1.165, 1.54) is 18.3 Å². The molecule has 2 rings (SSSR count). The minimum absolute atomic E-state index is 0.0589. The lowest BCUT2D eigenvalue weighted by Crippen LogP contribution is -2.02. The molecule has 0 saturated heterocycles. The number of ether oxygens (including phenoxy) is 1. The van der Waals surface area contributed by atoms with Crippen molar-refractivity contribution in [2.45, 2.75) is 6.61 Å². The third kappa shape index (κ3) is 3.04. The number of hydrogen-bond acceptors (Lipinski definition) is 4. The van der Waals surface area contributed by atoms with E-state index in [9.17, 15) is 4.39 Å². The molecule has 0 radical (unpaired) electrons. The molecule has 1 aromatic heterocycles. The summed E-state index contributed by atoms with van der Waals surface area (Å²) >= 11 is 5.55. The Morgan fingerprint density at radius 2 is 2.18 bits per heavy atom. The molecule has 2 N–H and O–H groups in total. The number of nitrogen functional groups attached to an aromatic ring is 1. The largest absolute Gasteiger partial charge is 0.487 e. The van der Waals surface area contributed by atoms with E-state index in [0.717, 1.165) is 0 Å². The van der Waals surface area contributed by atoms with Gasteiger partial charge in [0, 0.05) is 12.3 Å². The summed E-state index contributed by atoms with van der Waals surface area (Å²) in [5, 5.41) is 0.0589. The Balaban J connectivity index is 2.05. The molecule has 0 amide bonds. The van der Waals surface area contributed by atoms with E-state index in [-0.39, 0.29) is 17.6 Å². The van der Waals surface area contributed by atoms with Gasteiger partial charge in [0.05, 0.1) is 10.7 Å². The van der Waals surface area contributed by atoms with E-state index in [1.54, 1.807) is 12.1 Å². The van der Waals surface area contributed by atoms with Gasteiger partial charge in [-0.3, -0.25) is 0 Å². The smallest absolute Gasteiger partial charge is 0.220 e. The Bertz CT molecular complexity index is 536. The van der Waals surface area contributed by atoms with Gasteiger partial charge in [0.25, 0.3) is 0 Å². The highest BCUT2D eigenvalue weighted by molar-refractivity contribution is 6.30. The molecular weight excluding hydrogens is 245 g/mol. The number of nitrogens with zero attached hydrogens (tertiary/aromatic N) is 2. The highest BCUT2D eigenvalue weighted by Crippen LogP contribution is 2.20. The summed E-state index contributed by atoms with van der Waals surface area (Å²) in [4.78, 5) is 7.70. The van der Waals surface area contributed by atoms with E-state index < -0.39 is 5.82 Å². The summed E-state index contributed by atoms with van der Waals surface area (Å²) in [7, 11) is 0. The fraction of sp³-hybridized carbons (Fsp3) is 0.0909. The van der Waals surface area contributed by atoms with Crippen LogP contribution >= 0.6 is 11.6 Å². The number of benzene rings is 1. The van der Waals surface area contributed by atoms with Gasteiger partial charge in [-0.15, -0.1) is 0 Å². The van der Waals surface area contributed by atoms with Crippen molar-refractivity contribution in [2.24, 2.45) is 0 Å². The first-order valence-electron chi connectivity index (χ1n) is 4.80. The molecule has 0 spiro atoms. The van der Waals surface area contributed by atoms with Gasteiger partial charge < -0.3 is 10.5 Å². The van der Waals surface area contributed by atoms with Crippen LogP contribution in [0.2, 0.25) is 5.02 Å². The lowest BCUT2D eigenvalue weighted by atomic mass is 10.3. The van der Waals surface area contributed by atoms with Crippen molar-refractivity contribution in [1.82, 2.24) is 9.97 Å². The average molecular weight is 254 g/mol. The fourth-order valence-electron chi connectivity index (χ4n) is 1.22. The summed E-state index contributed by atoms with van der Waals surface area (Å²) in [5.41, 5.74) is 6.03. The van der Waals surface area contributed by atoms with Crippen LogP contribution in [0, 0.1) is 5.82 Å². The van der Waals surface area contributed by atoms with Crippen LogP contribution in [0.4, 0.5) is 10.3 Å². The summed E-state index contributed by atoms with van der Waals surface area (Å²) < 4.78 is 18.4. The first-order valence-corrected chi connectivity index (χ1v) is 5.18. The van der Waals surface area contributed by atoms with Gasteiger partial charge in [0.15, 0.2) is 0 Å². The Morgan fingerprint density at radius 1 is 1.35 bits per heavy atom. The average Bonchev–Trinajstić information content (AvgIpc) is 2.31. The second-order valence-electron chi connectivity index (χ2n) is 3.27. The summed E-state index contributed by atoms with van der Waals surface area (Å²) in [6.07, 6.45) is 1.53. The number of hydrogen-bond donors (Lipinski definition) is 1. The molecule has 0 unspecified atom stereocenters. The third-order valence-corrected chi connectivity index (χ3v) is 2.32.